The molecular formula is C16H17NO2. The minimum absolute atomic E-state index is 0.0888. The zero-order valence-corrected chi connectivity index (χ0v) is 10.6. The van der Waals surface area contributed by atoms with Gasteiger partial charge < -0.3 is 10.4 Å². The fraction of sp³-hybridized carbons (Fsp3) is 0.188. The van der Waals surface area contributed by atoms with Gasteiger partial charge in [-0.05, 0) is 11.1 Å². The van der Waals surface area contributed by atoms with E-state index in [1.807, 2.05) is 60.7 Å². The van der Waals surface area contributed by atoms with Crippen molar-refractivity contribution in [1.29, 1.82) is 0 Å². The van der Waals surface area contributed by atoms with Crippen molar-refractivity contribution in [1.82, 2.24) is 5.32 Å². The van der Waals surface area contributed by atoms with Crippen LogP contribution in [0.3, 0.4) is 0 Å². The van der Waals surface area contributed by atoms with Crippen molar-refractivity contribution in [3.63, 3.8) is 0 Å². The molecule has 0 aliphatic rings. The standard InChI is InChI=1S/C16H17NO2/c18-12-15(14-9-5-2-6-10-14)17-16(19)11-13-7-3-1-4-8-13/h1-10,15,18H,11-12H2,(H,17,19). The van der Waals surface area contributed by atoms with Crippen molar-refractivity contribution < 1.29 is 9.90 Å². The van der Waals surface area contributed by atoms with Crippen molar-refractivity contribution in [3.05, 3.63) is 71.8 Å². The van der Waals surface area contributed by atoms with Gasteiger partial charge >= 0.3 is 0 Å². The van der Waals surface area contributed by atoms with E-state index < -0.39 is 0 Å². The second-order valence-corrected chi connectivity index (χ2v) is 4.38. The van der Waals surface area contributed by atoms with Gasteiger partial charge in [0.15, 0.2) is 0 Å². The van der Waals surface area contributed by atoms with Crippen molar-refractivity contribution in [2.45, 2.75) is 12.5 Å². The Balaban J connectivity index is 1.97. The lowest BCUT2D eigenvalue weighted by Gasteiger charge is -2.16. The van der Waals surface area contributed by atoms with Crippen LogP contribution in [0.15, 0.2) is 60.7 Å². The first-order chi connectivity index (χ1) is 9.29. The molecular weight excluding hydrogens is 238 g/mol. The number of amides is 1. The average molecular weight is 255 g/mol. The zero-order chi connectivity index (χ0) is 13.5. The number of carbonyl (C=O) groups excluding carboxylic acids is 1. The van der Waals surface area contributed by atoms with E-state index in [0.717, 1.165) is 11.1 Å². The van der Waals surface area contributed by atoms with Crippen LogP contribution in [-0.2, 0) is 11.2 Å². The Morgan fingerprint density at radius 2 is 1.58 bits per heavy atom. The minimum atomic E-state index is -0.350. The molecule has 3 heteroatoms. The van der Waals surface area contributed by atoms with Crippen LogP contribution in [0.25, 0.3) is 0 Å². The highest BCUT2D eigenvalue weighted by molar-refractivity contribution is 5.79. The van der Waals surface area contributed by atoms with Crippen LogP contribution in [0, 0.1) is 0 Å². The van der Waals surface area contributed by atoms with Gasteiger partial charge in [0.05, 0.1) is 19.1 Å². The molecule has 1 unspecified atom stereocenters. The first-order valence-corrected chi connectivity index (χ1v) is 6.28. The second-order valence-electron chi connectivity index (χ2n) is 4.38. The highest BCUT2D eigenvalue weighted by Crippen LogP contribution is 2.12. The predicted octanol–water partition coefficient (Wildman–Crippen LogP) is 2.08. The third-order valence-corrected chi connectivity index (χ3v) is 2.93. The van der Waals surface area contributed by atoms with Crippen LogP contribution < -0.4 is 5.32 Å². The molecule has 2 rings (SSSR count). The van der Waals surface area contributed by atoms with E-state index in [9.17, 15) is 9.90 Å². The van der Waals surface area contributed by atoms with E-state index in [1.165, 1.54) is 0 Å². The summed E-state index contributed by atoms with van der Waals surface area (Å²) in [7, 11) is 0. The molecule has 0 fully saturated rings. The Bertz CT molecular complexity index is 511. The van der Waals surface area contributed by atoms with Gasteiger partial charge in [0.1, 0.15) is 0 Å². The maximum atomic E-state index is 11.9. The average Bonchev–Trinajstić information content (AvgIpc) is 2.47. The molecule has 2 aromatic carbocycles. The van der Waals surface area contributed by atoms with E-state index >= 15 is 0 Å². The molecule has 0 saturated heterocycles. The molecule has 19 heavy (non-hydrogen) atoms. The fourth-order valence-corrected chi connectivity index (χ4v) is 1.95. The lowest BCUT2D eigenvalue weighted by molar-refractivity contribution is -0.121. The number of hydrogen-bond donors (Lipinski definition) is 2. The highest BCUT2D eigenvalue weighted by Gasteiger charge is 2.13. The zero-order valence-electron chi connectivity index (χ0n) is 10.6. The third-order valence-electron chi connectivity index (χ3n) is 2.93. The van der Waals surface area contributed by atoms with Gasteiger partial charge in [-0.3, -0.25) is 4.79 Å². The number of rotatable bonds is 5. The summed E-state index contributed by atoms with van der Waals surface area (Å²) in [6.45, 7) is -0.107. The van der Waals surface area contributed by atoms with Gasteiger partial charge in [0.25, 0.3) is 0 Å². The molecule has 0 spiro atoms. The van der Waals surface area contributed by atoms with Crippen LogP contribution >= 0.6 is 0 Å². The quantitative estimate of drug-likeness (QED) is 0.859. The summed E-state index contributed by atoms with van der Waals surface area (Å²) in [5.41, 5.74) is 1.87. The Morgan fingerprint density at radius 3 is 2.16 bits per heavy atom. The Morgan fingerprint density at radius 1 is 1.00 bits per heavy atom. The minimum Gasteiger partial charge on any atom is -0.394 e. The first-order valence-electron chi connectivity index (χ1n) is 6.28. The first kappa shape index (κ1) is 13.3. The normalized spacial score (nSPS) is 11.8. The van der Waals surface area contributed by atoms with E-state index in [4.69, 9.17) is 0 Å². The largest absolute Gasteiger partial charge is 0.394 e. The lowest BCUT2D eigenvalue weighted by Crippen LogP contribution is -2.31. The van der Waals surface area contributed by atoms with Gasteiger partial charge in [0.2, 0.25) is 5.91 Å². The fourth-order valence-electron chi connectivity index (χ4n) is 1.95. The number of benzene rings is 2. The van der Waals surface area contributed by atoms with Crippen molar-refractivity contribution in [2.75, 3.05) is 6.61 Å². The van der Waals surface area contributed by atoms with Crippen molar-refractivity contribution >= 4 is 5.91 Å². The Kier molecular flexibility index (Phi) is 4.70. The maximum Gasteiger partial charge on any atom is 0.224 e. The molecule has 0 radical (unpaired) electrons. The van der Waals surface area contributed by atoms with Gasteiger partial charge in [-0.15, -0.1) is 0 Å². The molecule has 2 aromatic rings. The van der Waals surface area contributed by atoms with E-state index in [1.54, 1.807) is 0 Å². The number of carbonyl (C=O) groups is 1. The maximum absolute atomic E-state index is 11.9. The molecule has 0 saturated carbocycles. The molecule has 1 amide bonds. The predicted molar refractivity (Wildman–Crippen MR) is 74.6 cm³/mol. The summed E-state index contributed by atoms with van der Waals surface area (Å²) >= 11 is 0. The second kappa shape index (κ2) is 6.71. The van der Waals surface area contributed by atoms with Gasteiger partial charge in [-0.2, -0.15) is 0 Å². The lowest BCUT2D eigenvalue weighted by atomic mass is 10.1. The summed E-state index contributed by atoms with van der Waals surface area (Å²) in [6, 6.07) is 18.7. The van der Waals surface area contributed by atoms with Crippen LogP contribution in [-0.4, -0.2) is 17.6 Å². The summed E-state index contributed by atoms with van der Waals surface area (Å²) < 4.78 is 0. The topological polar surface area (TPSA) is 49.3 Å². The van der Waals surface area contributed by atoms with Gasteiger partial charge in [0, 0.05) is 0 Å². The monoisotopic (exact) mass is 255 g/mol. The summed E-state index contributed by atoms with van der Waals surface area (Å²) in [5, 5.41) is 12.2. The Hall–Kier alpha value is -2.13. The smallest absolute Gasteiger partial charge is 0.224 e. The SMILES string of the molecule is O=C(Cc1ccccc1)NC(CO)c1ccccc1. The molecule has 0 aliphatic carbocycles. The van der Waals surface area contributed by atoms with E-state index in [2.05, 4.69) is 5.32 Å². The van der Waals surface area contributed by atoms with Crippen molar-refractivity contribution in [3.8, 4) is 0 Å². The molecule has 98 valence electrons. The van der Waals surface area contributed by atoms with Crippen LogP contribution in [0.4, 0.5) is 0 Å². The highest BCUT2D eigenvalue weighted by atomic mass is 16.3. The number of aliphatic hydroxyl groups is 1. The summed E-state index contributed by atoms with van der Waals surface area (Å²) in [4.78, 5) is 11.9. The van der Waals surface area contributed by atoms with E-state index in [-0.39, 0.29) is 18.6 Å². The third kappa shape index (κ3) is 3.93. The number of hydrogen-bond acceptors (Lipinski definition) is 2. The summed E-state index contributed by atoms with van der Waals surface area (Å²) in [6.07, 6.45) is 0.324. The molecule has 0 aromatic heterocycles. The van der Waals surface area contributed by atoms with Crippen molar-refractivity contribution in [2.24, 2.45) is 0 Å². The van der Waals surface area contributed by atoms with Crippen LogP contribution in [0.1, 0.15) is 17.2 Å². The molecule has 3 nitrogen and oxygen atoms in total. The summed E-state index contributed by atoms with van der Waals surface area (Å²) in [5.74, 6) is -0.0888. The molecule has 2 N–H and O–H groups in total. The molecule has 0 aliphatic heterocycles. The van der Waals surface area contributed by atoms with E-state index in [0.29, 0.717) is 6.42 Å². The van der Waals surface area contributed by atoms with Crippen LogP contribution in [0.5, 0.6) is 0 Å². The molecule has 0 heterocycles. The van der Waals surface area contributed by atoms with Gasteiger partial charge in [-0.25, -0.2) is 0 Å². The number of aliphatic hydroxyl groups excluding tert-OH is 1. The molecule has 0 bridgehead atoms. The molecule has 1 atom stereocenters. The Labute approximate surface area is 112 Å². The van der Waals surface area contributed by atoms with Gasteiger partial charge in [-0.1, -0.05) is 60.7 Å². The van der Waals surface area contributed by atoms with Crippen LogP contribution in [0.2, 0.25) is 0 Å². The number of nitrogens with one attached hydrogen (secondary N) is 1.